The predicted molar refractivity (Wildman–Crippen MR) is 56.2 cm³/mol. The van der Waals surface area contributed by atoms with Gasteiger partial charge in [-0.25, -0.2) is 0 Å². The monoisotopic (exact) mass is 209 g/mol. The number of nitriles is 1. The molecule has 15 heavy (non-hydrogen) atoms. The van der Waals surface area contributed by atoms with Crippen LogP contribution in [0.25, 0.3) is 0 Å². The predicted octanol–water partition coefficient (Wildman–Crippen LogP) is 1.98. The summed E-state index contributed by atoms with van der Waals surface area (Å²) < 4.78 is 10.8. The summed E-state index contributed by atoms with van der Waals surface area (Å²) in [5, 5.41) is 9.22. The Morgan fingerprint density at radius 3 is 2.40 bits per heavy atom. The van der Waals surface area contributed by atoms with Gasteiger partial charge in [0.05, 0.1) is 25.2 Å². The fourth-order valence-electron chi connectivity index (χ4n) is 2.96. The Morgan fingerprint density at radius 2 is 2.00 bits per heavy atom. The molecule has 0 aliphatic carbocycles. The molecule has 0 saturated carbocycles. The lowest BCUT2D eigenvalue weighted by Crippen LogP contribution is -2.54. The molecule has 1 unspecified atom stereocenters. The topological polar surface area (TPSA) is 42.2 Å². The third-order valence-corrected chi connectivity index (χ3v) is 4.03. The smallest absolute Gasteiger partial charge is 0.0663 e. The average Bonchev–Trinajstić information content (AvgIpc) is 2.24. The Balaban J connectivity index is 2.09. The zero-order valence-corrected chi connectivity index (χ0v) is 9.37. The molecule has 2 fully saturated rings. The molecule has 0 aromatic heterocycles. The highest BCUT2D eigenvalue weighted by Crippen LogP contribution is 2.47. The number of rotatable bonds is 3. The first-order chi connectivity index (χ1) is 7.33. The molecule has 84 valence electrons. The summed E-state index contributed by atoms with van der Waals surface area (Å²) in [6.07, 6.45) is 3.14. The molecular weight excluding hydrogens is 190 g/mol. The van der Waals surface area contributed by atoms with Gasteiger partial charge in [-0.1, -0.05) is 6.92 Å². The van der Waals surface area contributed by atoms with Crippen LogP contribution < -0.4 is 0 Å². The van der Waals surface area contributed by atoms with Crippen LogP contribution in [0, 0.1) is 28.6 Å². The highest BCUT2D eigenvalue weighted by Gasteiger charge is 2.50. The van der Waals surface area contributed by atoms with Crippen molar-refractivity contribution in [2.24, 2.45) is 17.3 Å². The van der Waals surface area contributed by atoms with Gasteiger partial charge in [-0.3, -0.25) is 0 Å². The SMILES string of the molecule is CCC(C#N)C1(C2CCOCC2)COC1. The molecule has 0 N–H and O–H groups in total. The highest BCUT2D eigenvalue weighted by atomic mass is 16.5. The van der Waals surface area contributed by atoms with Crippen molar-refractivity contribution in [2.45, 2.75) is 26.2 Å². The molecule has 0 spiro atoms. The van der Waals surface area contributed by atoms with Crippen LogP contribution in [0.15, 0.2) is 0 Å². The van der Waals surface area contributed by atoms with Gasteiger partial charge in [0.2, 0.25) is 0 Å². The summed E-state index contributed by atoms with van der Waals surface area (Å²) in [6.45, 7) is 5.38. The molecular formula is C12H19NO2. The third kappa shape index (κ3) is 1.77. The first-order valence-electron chi connectivity index (χ1n) is 5.88. The number of nitrogens with zero attached hydrogens (tertiary/aromatic N) is 1. The van der Waals surface area contributed by atoms with Crippen LogP contribution >= 0.6 is 0 Å². The van der Waals surface area contributed by atoms with E-state index in [-0.39, 0.29) is 11.3 Å². The summed E-state index contributed by atoms with van der Waals surface area (Å²) in [6, 6.07) is 2.47. The second-order valence-corrected chi connectivity index (χ2v) is 4.70. The van der Waals surface area contributed by atoms with E-state index in [9.17, 15) is 5.26 Å². The van der Waals surface area contributed by atoms with Gasteiger partial charge < -0.3 is 9.47 Å². The van der Waals surface area contributed by atoms with Gasteiger partial charge in [0.1, 0.15) is 0 Å². The zero-order chi connectivity index (χ0) is 10.7. The minimum Gasteiger partial charge on any atom is -0.381 e. The largest absolute Gasteiger partial charge is 0.381 e. The lowest BCUT2D eigenvalue weighted by molar-refractivity contribution is -0.182. The van der Waals surface area contributed by atoms with Crippen molar-refractivity contribution in [2.75, 3.05) is 26.4 Å². The van der Waals surface area contributed by atoms with Crippen molar-refractivity contribution < 1.29 is 9.47 Å². The molecule has 0 aromatic rings. The van der Waals surface area contributed by atoms with Gasteiger partial charge in [0, 0.05) is 18.6 Å². The Kier molecular flexibility index (Phi) is 3.28. The molecule has 0 bridgehead atoms. The van der Waals surface area contributed by atoms with Crippen LogP contribution in [0.2, 0.25) is 0 Å². The molecule has 0 aromatic carbocycles. The molecule has 0 radical (unpaired) electrons. The Bertz CT molecular complexity index is 249. The lowest BCUT2D eigenvalue weighted by atomic mass is 9.62. The minimum atomic E-state index is 0.146. The second-order valence-electron chi connectivity index (χ2n) is 4.70. The van der Waals surface area contributed by atoms with Gasteiger partial charge in [-0.2, -0.15) is 5.26 Å². The normalized spacial score (nSPS) is 27.7. The second kappa shape index (κ2) is 4.51. The van der Waals surface area contributed by atoms with Crippen molar-refractivity contribution in [1.29, 1.82) is 5.26 Å². The van der Waals surface area contributed by atoms with E-state index in [2.05, 4.69) is 13.0 Å². The van der Waals surface area contributed by atoms with Crippen LogP contribution in [0.5, 0.6) is 0 Å². The van der Waals surface area contributed by atoms with Crippen molar-refractivity contribution in [3.8, 4) is 6.07 Å². The van der Waals surface area contributed by atoms with Crippen LogP contribution in [0.3, 0.4) is 0 Å². The molecule has 3 nitrogen and oxygen atoms in total. The maximum absolute atomic E-state index is 9.22. The fourth-order valence-corrected chi connectivity index (χ4v) is 2.96. The zero-order valence-electron chi connectivity index (χ0n) is 9.37. The average molecular weight is 209 g/mol. The fraction of sp³-hybridized carbons (Fsp3) is 0.917. The Morgan fingerprint density at radius 1 is 1.33 bits per heavy atom. The minimum absolute atomic E-state index is 0.146. The number of hydrogen-bond donors (Lipinski definition) is 0. The van der Waals surface area contributed by atoms with E-state index in [1.807, 2.05) is 0 Å². The van der Waals surface area contributed by atoms with Gasteiger partial charge in [0.25, 0.3) is 0 Å². The quantitative estimate of drug-likeness (QED) is 0.713. The molecule has 1 atom stereocenters. The van der Waals surface area contributed by atoms with E-state index in [1.165, 1.54) is 0 Å². The van der Waals surface area contributed by atoms with Gasteiger partial charge in [-0.05, 0) is 25.2 Å². The summed E-state index contributed by atoms with van der Waals surface area (Å²) in [5.74, 6) is 0.791. The molecule has 3 heteroatoms. The third-order valence-electron chi connectivity index (χ3n) is 4.03. The summed E-state index contributed by atoms with van der Waals surface area (Å²) in [5.41, 5.74) is 0.146. The van der Waals surface area contributed by atoms with Gasteiger partial charge in [0.15, 0.2) is 0 Å². The highest BCUT2D eigenvalue weighted by molar-refractivity contribution is 5.04. The maximum atomic E-state index is 9.22. The van der Waals surface area contributed by atoms with E-state index in [1.54, 1.807) is 0 Å². The van der Waals surface area contributed by atoms with Gasteiger partial charge >= 0.3 is 0 Å². The summed E-state index contributed by atoms with van der Waals surface area (Å²) >= 11 is 0. The first-order valence-corrected chi connectivity index (χ1v) is 5.88. The van der Waals surface area contributed by atoms with E-state index in [0.717, 1.165) is 45.7 Å². The maximum Gasteiger partial charge on any atom is 0.0663 e. The van der Waals surface area contributed by atoms with E-state index >= 15 is 0 Å². The molecule has 2 aliphatic rings. The number of ether oxygens (including phenoxy) is 2. The van der Waals surface area contributed by atoms with Crippen molar-refractivity contribution in [1.82, 2.24) is 0 Å². The van der Waals surface area contributed by atoms with Crippen LogP contribution in [-0.2, 0) is 9.47 Å². The van der Waals surface area contributed by atoms with Crippen LogP contribution in [0.4, 0.5) is 0 Å². The molecule has 2 saturated heterocycles. The summed E-state index contributed by atoms with van der Waals surface area (Å²) in [4.78, 5) is 0. The van der Waals surface area contributed by atoms with Crippen LogP contribution in [-0.4, -0.2) is 26.4 Å². The van der Waals surface area contributed by atoms with Crippen molar-refractivity contribution in [3.05, 3.63) is 0 Å². The van der Waals surface area contributed by atoms with Crippen molar-refractivity contribution >= 4 is 0 Å². The molecule has 2 heterocycles. The number of hydrogen-bond acceptors (Lipinski definition) is 3. The van der Waals surface area contributed by atoms with E-state index < -0.39 is 0 Å². The standard InChI is InChI=1S/C12H19NO2/c1-2-10(7-13)12(8-15-9-12)11-3-5-14-6-4-11/h10-11H,2-6,8-9H2,1H3. The van der Waals surface area contributed by atoms with E-state index in [0.29, 0.717) is 5.92 Å². The Labute approximate surface area is 91.4 Å². The van der Waals surface area contributed by atoms with Crippen LogP contribution in [0.1, 0.15) is 26.2 Å². The first kappa shape index (κ1) is 10.9. The molecule has 0 amide bonds. The summed E-state index contributed by atoms with van der Waals surface area (Å²) in [7, 11) is 0. The lowest BCUT2D eigenvalue weighted by Gasteiger charge is -2.51. The Hall–Kier alpha value is -0.590. The van der Waals surface area contributed by atoms with Crippen molar-refractivity contribution in [3.63, 3.8) is 0 Å². The van der Waals surface area contributed by atoms with Gasteiger partial charge in [-0.15, -0.1) is 0 Å². The molecule has 2 rings (SSSR count). The molecule has 2 aliphatic heterocycles. The van der Waals surface area contributed by atoms with E-state index in [4.69, 9.17) is 9.47 Å².